The van der Waals surface area contributed by atoms with E-state index in [4.69, 9.17) is 4.74 Å². The second kappa shape index (κ2) is 27.1. The lowest BCUT2D eigenvalue weighted by Crippen LogP contribution is -1.94. The topological polar surface area (TPSA) is 29.5 Å². The van der Waals surface area contributed by atoms with Crippen LogP contribution in [0.4, 0.5) is 0 Å². The molecule has 248 valence electrons. The standard InChI is InChI=1S/C42H68O2/c1-3-5-7-9-11-13-15-17-19-21-23-25-27-30-38-31-29-33-41(36-38)44-42-35-34-40(43)37-39(42)32-28-26-24-22-20-18-16-14-12-10-8-6-4-2/h13,15,29,31,33-37,43H,3-12,14,16-28,30,32H2,1-2H3. The van der Waals surface area contributed by atoms with Crippen LogP contribution in [0.2, 0.25) is 0 Å². The smallest absolute Gasteiger partial charge is 0.130 e. The summed E-state index contributed by atoms with van der Waals surface area (Å²) in [5.74, 6) is 2.12. The van der Waals surface area contributed by atoms with Crippen LogP contribution in [0.5, 0.6) is 17.2 Å². The second-order valence-corrected chi connectivity index (χ2v) is 13.2. The normalized spacial score (nSPS) is 11.5. The average Bonchev–Trinajstić information content (AvgIpc) is 3.03. The number of phenolic OH excluding ortho intramolecular Hbond substituents is 1. The van der Waals surface area contributed by atoms with E-state index in [1.165, 1.54) is 153 Å². The molecule has 2 nitrogen and oxygen atoms in total. The van der Waals surface area contributed by atoms with E-state index in [9.17, 15) is 5.11 Å². The van der Waals surface area contributed by atoms with Gasteiger partial charge in [0.1, 0.15) is 17.2 Å². The van der Waals surface area contributed by atoms with Crippen LogP contribution < -0.4 is 4.74 Å². The first-order valence-corrected chi connectivity index (χ1v) is 19.0. The summed E-state index contributed by atoms with van der Waals surface area (Å²) >= 11 is 0. The second-order valence-electron chi connectivity index (χ2n) is 13.2. The molecule has 2 heteroatoms. The van der Waals surface area contributed by atoms with E-state index in [0.717, 1.165) is 36.3 Å². The maximum absolute atomic E-state index is 10.1. The van der Waals surface area contributed by atoms with E-state index >= 15 is 0 Å². The van der Waals surface area contributed by atoms with Gasteiger partial charge in [-0.05, 0) is 92.8 Å². The third-order valence-electron chi connectivity index (χ3n) is 8.95. The van der Waals surface area contributed by atoms with Crippen molar-refractivity contribution in [3.63, 3.8) is 0 Å². The molecular weight excluding hydrogens is 536 g/mol. The number of aromatic hydroxyl groups is 1. The van der Waals surface area contributed by atoms with Gasteiger partial charge in [-0.2, -0.15) is 0 Å². The van der Waals surface area contributed by atoms with Crippen LogP contribution >= 0.6 is 0 Å². The van der Waals surface area contributed by atoms with Crippen LogP contribution in [0.15, 0.2) is 54.6 Å². The Bertz CT molecular complexity index is 962. The Hall–Kier alpha value is -2.22. The first kappa shape index (κ1) is 38.0. The van der Waals surface area contributed by atoms with E-state index in [1.807, 2.05) is 12.1 Å². The van der Waals surface area contributed by atoms with Crippen LogP contribution in [-0.2, 0) is 12.8 Å². The number of unbranched alkanes of at least 4 members (excludes halogenated alkanes) is 21. The molecule has 0 aromatic heterocycles. The fourth-order valence-corrected chi connectivity index (χ4v) is 6.13. The summed E-state index contributed by atoms with van der Waals surface area (Å²) in [4.78, 5) is 0. The van der Waals surface area contributed by atoms with E-state index in [2.05, 4.69) is 50.3 Å². The molecule has 0 atom stereocenters. The van der Waals surface area contributed by atoms with Gasteiger partial charge in [0.15, 0.2) is 0 Å². The number of hydrogen-bond acceptors (Lipinski definition) is 2. The first-order chi connectivity index (χ1) is 21.7. The van der Waals surface area contributed by atoms with E-state index < -0.39 is 0 Å². The molecule has 0 amide bonds. The van der Waals surface area contributed by atoms with Gasteiger partial charge in [0.2, 0.25) is 0 Å². The lowest BCUT2D eigenvalue weighted by atomic mass is 10.0. The SMILES string of the molecule is CCCCCCC=CCCCCCCCc1cccc(Oc2ccc(O)cc2CCCCCCCCCCCCCCC)c1. The molecular formula is C42H68O2. The molecule has 0 saturated carbocycles. The number of ether oxygens (including phenoxy) is 1. The number of hydrogen-bond donors (Lipinski definition) is 1. The molecule has 2 aromatic rings. The van der Waals surface area contributed by atoms with E-state index in [1.54, 1.807) is 6.07 Å². The maximum Gasteiger partial charge on any atom is 0.130 e. The molecule has 2 rings (SSSR count). The largest absolute Gasteiger partial charge is 0.508 e. The van der Waals surface area contributed by atoms with Crippen molar-refractivity contribution >= 4 is 0 Å². The van der Waals surface area contributed by atoms with Crippen molar-refractivity contribution in [2.45, 2.75) is 181 Å². The van der Waals surface area contributed by atoms with Gasteiger partial charge in [-0.3, -0.25) is 0 Å². The minimum atomic E-state index is 0.328. The molecule has 0 saturated heterocycles. The zero-order valence-electron chi connectivity index (χ0n) is 28.9. The van der Waals surface area contributed by atoms with Crippen LogP contribution in [0.25, 0.3) is 0 Å². The molecule has 1 N–H and O–H groups in total. The third-order valence-corrected chi connectivity index (χ3v) is 8.95. The van der Waals surface area contributed by atoms with Crippen molar-refractivity contribution in [3.8, 4) is 17.2 Å². The predicted octanol–water partition coefficient (Wildman–Crippen LogP) is 14.2. The van der Waals surface area contributed by atoms with Gasteiger partial charge in [-0.15, -0.1) is 0 Å². The molecule has 0 bridgehead atoms. The lowest BCUT2D eigenvalue weighted by molar-refractivity contribution is 0.457. The van der Waals surface area contributed by atoms with Crippen molar-refractivity contribution in [1.29, 1.82) is 0 Å². The highest BCUT2D eigenvalue weighted by Gasteiger charge is 2.08. The van der Waals surface area contributed by atoms with Crippen molar-refractivity contribution in [2.24, 2.45) is 0 Å². The molecule has 0 unspecified atom stereocenters. The van der Waals surface area contributed by atoms with Crippen LogP contribution in [0, 0.1) is 0 Å². The van der Waals surface area contributed by atoms with Gasteiger partial charge in [0, 0.05) is 0 Å². The van der Waals surface area contributed by atoms with E-state index in [0.29, 0.717) is 5.75 Å². The predicted molar refractivity (Wildman–Crippen MR) is 193 cm³/mol. The molecule has 0 fully saturated rings. The summed E-state index contributed by atoms with van der Waals surface area (Å²) in [5.41, 5.74) is 2.47. The highest BCUT2D eigenvalue weighted by Crippen LogP contribution is 2.30. The molecule has 0 aliphatic heterocycles. The quantitative estimate of drug-likeness (QED) is 0.0739. The van der Waals surface area contributed by atoms with Crippen molar-refractivity contribution < 1.29 is 9.84 Å². The Morgan fingerprint density at radius 3 is 1.61 bits per heavy atom. The molecule has 44 heavy (non-hydrogen) atoms. The van der Waals surface area contributed by atoms with Crippen LogP contribution in [-0.4, -0.2) is 5.11 Å². The van der Waals surface area contributed by atoms with Crippen molar-refractivity contribution in [2.75, 3.05) is 0 Å². The third kappa shape index (κ3) is 19.9. The molecule has 0 radical (unpaired) electrons. The summed E-state index contributed by atoms with van der Waals surface area (Å²) in [7, 11) is 0. The van der Waals surface area contributed by atoms with Crippen molar-refractivity contribution in [1.82, 2.24) is 0 Å². The Morgan fingerprint density at radius 2 is 1.02 bits per heavy atom. The highest BCUT2D eigenvalue weighted by atomic mass is 16.5. The summed E-state index contributed by atoms with van der Waals surface area (Å²) in [6.07, 6.45) is 39.0. The van der Waals surface area contributed by atoms with Gasteiger partial charge >= 0.3 is 0 Å². The van der Waals surface area contributed by atoms with Crippen LogP contribution in [0.1, 0.15) is 179 Å². The minimum Gasteiger partial charge on any atom is -0.508 e. The molecule has 0 heterocycles. The van der Waals surface area contributed by atoms with Gasteiger partial charge in [-0.25, -0.2) is 0 Å². The molecule has 0 aliphatic carbocycles. The zero-order chi connectivity index (χ0) is 31.3. The summed E-state index contributed by atoms with van der Waals surface area (Å²) in [6.45, 7) is 4.56. The summed E-state index contributed by atoms with van der Waals surface area (Å²) in [6, 6.07) is 14.2. The number of benzene rings is 2. The number of rotatable bonds is 29. The zero-order valence-corrected chi connectivity index (χ0v) is 28.9. The van der Waals surface area contributed by atoms with Gasteiger partial charge in [-0.1, -0.05) is 154 Å². The van der Waals surface area contributed by atoms with Crippen LogP contribution in [0.3, 0.4) is 0 Å². The number of allylic oxidation sites excluding steroid dienone is 2. The maximum atomic E-state index is 10.1. The Labute approximate surface area is 273 Å². The summed E-state index contributed by atoms with van der Waals surface area (Å²) in [5, 5.41) is 10.1. The Kier molecular flexibility index (Phi) is 23.4. The highest BCUT2D eigenvalue weighted by molar-refractivity contribution is 5.43. The molecule has 0 aliphatic rings. The fourth-order valence-electron chi connectivity index (χ4n) is 6.13. The summed E-state index contributed by atoms with van der Waals surface area (Å²) < 4.78 is 6.37. The monoisotopic (exact) mass is 605 g/mol. The van der Waals surface area contributed by atoms with Gasteiger partial charge in [0.05, 0.1) is 0 Å². The Morgan fingerprint density at radius 1 is 0.523 bits per heavy atom. The number of phenols is 1. The molecule has 0 spiro atoms. The lowest BCUT2D eigenvalue weighted by Gasteiger charge is -2.13. The average molecular weight is 605 g/mol. The van der Waals surface area contributed by atoms with E-state index in [-0.39, 0.29) is 0 Å². The van der Waals surface area contributed by atoms with Gasteiger partial charge < -0.3 is 9.84 Å². The Balaban J connectivity index is 1.60. The van der Waals surface area contributed by atoms with Crippen molar-refractivity contribution in [3.05, 3.63) is 65.7 Å². The van der Waals surface area contributed by atoms with Gasteiger partial charge in [0.25, 0.3) is 0 Å². The number of aryl methyl sites for hydroxylation is 2. The minimum absolute atomic E-state index is 0.328. The molecule has 2 aromatic carbocycles. The fraction of sp³-hybridized carbons (Fsp3) is 0.667. The first-order valence-electron chi connectivity index (χ1n) is 19.0.